The van der Waals surface area contributed by atoms with Crippen molar-refractivity contribution in [3.8, 4) is 0 Å². The maximum absolute atomic E-state index is 13.2. The quantitative estimate of drug-likeness (QED) is 0.385. The number of imidazole rings is 1. The van der Waals surface area contributed by atoms with Gasteiger partial charge >= 0.3 is 0 Å². The van der Waals surface area contributed by atoms with E-state index in [9.17, 15) is 13.2 Å². The van der Waals surface area contributed by atoms with Crippen molar-refractivity contribution in [2.24, 2.45) is 10.2 Å². The normalized spacial score (nSPS) is 16.4. The molecule has 1 amide bonds. The van der Waals surface area contributed by atoms with Gasteiger partial charge in [-0.15, -0.1) is 0 Å². The number of carbonyl (C=O) groups excluding carboxylic acids is 1. The summed E-state index contributed by atoms with van der Waals surface area (Å²) in [6.45, 7) is 2.55. The standard InChI is InChI=1S/C22H21N5O5S2/c1-2-26-17-8-7-14(34(23,29)30)11-15(17)24-22(26)33-13-21(28)27-18(20-6-4-10-32-20)12-16(25-27)19-5-3-9-31-19/h3-11,18H,2,12-13H2,1H3,(H2,23,29,30). The van der Waals surface area contributed by atoms with Crippen LogP contribution >= 0.6 is 11.8 Å². The van der Waals surface area contributed by atoms with Crippen LogP contribution in [0.5, 0.6) is 0 Å². The van der Waals surface area contributed by atoms with Gasteiger partial charge in [-0.3, -0.25) is 4.79 Å². The second kappa shape index (κ2) is 8.78. The average Bonchev–Trinajstić information content (AvgIpc) is 3.60. The number of thioether (sulfide) groups is 1. The Morgan fingerprint density at radius 2 is 2.00 bits per heavy atom. The molecule has 0 saturated heterocycles. The van der Waals surface area contributed by atoms with E-state index >= 15 is 0 Å². The van der Waals surface area contributed by atoms with Gasteiger partial charge in [0.25, 0.3) is 5.91 Å². The third-order valence-electron chi connectivity index (χ3n) is 5.50. The molecule has 1 unspecified atom stereocenters. The van der Waals surface area contributed by atoms with Crippen LogP contribution in [0.25, 0.3) is 11.0 Å². The number of primary sulfonamides is 1. The number of furan rings is 2. The number of amides is 1. The number of aromatic nitrogens is 2. The third-order valence-corrected chi connectivity index (χ3v) is 7.37. The first-order valence-corrected chi connectivity index (χ1v) is 13.0. The zero-order valence-electron chi connectivity index (χ0n) is 18.1. The highest BCUT2D eigenvalue weighted by Gasteiger charge is 2.35. The third kappa shape index (κ3) is 4.15. The zero-order chi connectivity index (χ0) is 23.9. The molecule has 0 radical (unpaired) electrons. The van der Waals surface area contributed by atoms with Gasteiger partial charge in [0.1, 0.15) is 23.3 Å². The van der Waals surface area contributed by atoms with Gasteiger partial charge in [-0.1, -0.05) is 11.8 Å². The van der Waals surface area contributed by atoms with Crippen molar-refractivity contribution < 1.29 is 22.0 Å². The molecule has 1 atom stereocenters. The van der Waals surface area contributed by atoms with Crippen LogP contribution in [0.15, 0.2) is 79.0 Å². The monoisotopic (exact) mass is 499 g/mol. The molecule has 3 aromatic heterocycles. The van der Waals surface area contributed by atoms with E-state index in [1.54, 1.807) is 36.8 Å². The zero-order valence-corrected chi connectivity index (χ0v) is 19.8. The van der Waals surface area contributed by atoms with E-state index in [4.69, 9.17) is 14.0 Å². The van der Waals surface area contributed by atoms with Crippen molar-refractivity contribution in [1.29, 1.82) is 0 Å². The fourth-order valence-corrected chi connectivity index (χ4v) is 5.37. The van der Waals surface area contributed by atoms with Crippen LogP contribution in [0.3, 0.4) is 0 Å². The molecule has 1 aliphatic heterocycles. The maximum atomic E-state index is 13.2. The number of rotatable bonds is 7. The van der Waals surface area contributed by atoms with E-state index in [-0.39, 0.29) is 22.6 Å². The Hall–Kier alpha value is -3.35. The lowest BCUT2D eigenvalue weighted by molar-refractivity contribution is -0.130. The van der Waals surface area contributed by atoms with Gasteiger partial charge in [-0.2, -0.15) is 5.10 Å². The van der Waals surface area contributed by atoms with Crippen LogP contribution in [-0.2, 0) is 21.4 Å². The average molecular weight is 500 g/mol. The summed E-state index contributed by atoms with van der Waals surface area (Å²) in [7, 11) is -3.84. The number of carbonyl (C=O) groups is 1. The molecule has 1 aliphatic rings. The molecule has 0 spiro atoms. The fourth-order valence-electron chi connectivity index (χ4n) is 3.91. The summed E-state index contributed by atoms with van der Waals surface area (Å²) in [5.41, 5.74) is 1.93. The minimum Gasteiger partial charge on any atom is -0.467 e. The Morgan fingerprint density at radius 1 is 1.21 bits per heavy atom. The summed E-state index contributed by atoms with van der Waals surface area (Å²) >= 11 is 1.26. The molecular weight excluding hydrogens is 478 g/mol. The SMILES string of the molecule is CCn1c(SCC(=O)N2N=C(c3ccco3)CC2c2ccco2)nc2cc(S(N)(=O)=O)ccc21. The Balaban J connectivity index is 1.40. The molecule has 4 aromatic rings. The molecular formula is C22H21N5O5S2. The molecule has 5 rings (SSSR count). The highest BCUT2D eigenvalue weighted by Crippen LogP contribution is 2.34. The highest BCUT2D eigenvalue weighted by atomic mass is 32.2. The van der Waals surface area contributed by atoms with Crippen LogP contribution in [0, 0.1) is 0 Å². The van der Waals surface area contributed by atoms with Gasteiger partial charge in [0, 0.05) is 13.0 Å². The Kier molecular flexibility index (Phi) is 5.80. The number of hydrogen-bond donors (Lipinski definition) is 1. The summed E-state index contributed by atoms with van der Waals surface area (Å²) < 4.78 is 36.4. The minimum absolute atomic E-state index is 0.00784. The summed E-state index contributed by atoms with van der Waals surface area (Å²) in [6, 6.07) is 11.4. The van der Waals surface area contributed by atoms with Gasteiger partial charge in [-0.05, 0) is 49.4 Å². The smallest absolute Gasteiger partial charge is 0.253 e. The van der Waals surface area contributed by atoms with Crippen molar-refractivity contribution in [3.63, 3.8) is 0 Å². The first-order chi connectivity index (χ1) is 16.3. The van der Waals surface area contributed by atoms with Crippen molar-refractivity contribution in [2.45, 2.75) is 36.0 Å². The predicted octanol–water partition coefficient (Wildman–Crippen LogP) is 3.36. The summed E-state index contributed by atoms with van der Waals surface area (Å²) in [6.07, 6.45) is 3.61. The Morgan fingerprint density at radius 3 is 2.68 bits per heavy atom. The van der Waals surface area contributed by atoms with E-state index < -0.39 is 10.0 Å². The number of hydrogen-bond acceptors (Lipinski definition) is 8. The van der Waals surface area contributed by atoms with Crippen LogP contribution < -0.4 is 5.14 Å². The maximum Gasteiger partial charge on any atom is 0.253 e. The number of aryl methyl sites for hydroxylation is 1. The molecule has 0 fully saturated rings. The van der Waals surface area contributed by atoms with Crippen LogP contribution in [0.4, 0.5) is 0 Å². The molecule has 1 aromatic carbocycles. The van der Waals surface area contributed by atoms with Crippen LogP contribution in [-0.4, -0.2) is 40.3 Å². The van der Waals surface area contributed by atoms with Crippen molar-refractivity contribution in [1.82, 2.24) is 14.6 Å². The summed E-state index contributed by atoms with van der Waals surface area (Å²) in [5.74, 6) is 1.11. The van der Waals surface area contributed by atoms with Gasteiger partial charge in [-0.25, -0.2) is 23.5 Å². The predicted molar refractivity (Wildman–Crippen MR) is 126 cm³/mol. The first kappa shape index (κ1) is 22.4. The lowest BCUT2D eigenvalue weighted by Gasteiger charge is -2.19. The molecule has 10 nitrogen and oxygen atoms in total. The lowest BCUT2D eigenvalue weighted by atomic mass is 10.1. The molecule has 176 valence electrons. The summed E-state index contributed by atoms with van der Waals surface area (Å²) in [5, 5.41) is 11.8. The van der Waals surface area contributed by atoms with Crippen molar-refractivity contribution in [3.05, 3.63) is 66.5 Å². The van der Waals surface area contributed by atoms with Crippen molar-refractivity contribution in [2.75, 3.05) is 5.75 Å². The topological polar surface area (TPSA) is 137 Å². The molecule has 0 aliphatic carbocycles. The Labute approximate surface area is 199 Å². The number of nitrogens with zero attached hydrogens (tertiary/aromatic N) is 4. The molecule has 34 heavy (non-hydrogen) atoms. The van der Waals surface area contributed by atoms with Gasteiger partial charge in [0.15, 0.2) is 5.16 Å². The highest BCUT2D eigenvalue weighted by molar-refractivity contribution is 7.99. The number of sulfonamides is 1. The first-order valence-electron chi connectivity index (χ1n) is 10.5. The molecule has 0 bridgehead atoms. The second-order valence-corrected chi connectivity index (χ2v) is 10.1. The van der Waals surface area contributed by atoms with Gasteiger partial charge in [0.2, 0.25) is 10.0 Å². The second-order valence-electron chi connectivity index (χ2n) is 7.62. The van der Waals surface area contributed by atoms with Crippen molar-refractivity contribution >= 4 is 44.4 Å². The van der Waals surface area contributed by atoms with Gasteiger partial charge < -0.3 is 13.4 Å². The van der Waals surface area contributed by atoms with E-state index in [0.29, 0.717) is 40.9 Å². The van der Waals surface area contributed by atoms with E-state index in [2.05, 4.69) is 10.1 Å². The molecule has 4 heterocycles. The summed E-state index contributed by atoms with van der Waals surface area (Å²) in [4.78, 5) is 17.8. The Bertz CT molecular complexity index is 1470. The van der Waals surface area contributed by atoms with Crippen LogP contribution in [0.2, 0.25) is 0 Å². The van der Waals surface area contributed by atoms with Crippen LogP contribution in [0.1, 0.15) is 30.9 Å². The van der Waals surface area contributed by atoms with E-state index in [1.165, 1.54) is 28.9 Å². The lowest BCUT2D eigenvalue weighted by Crippen LogP contribution is -2.28. The minimum atomic E-state index is -3.84. The molecule has 2 N–H and O–H groups in total. The van der Waals surface area contributed by atoms with E-state index in [0.717, 1.165) is 5.52 Å². The molecule has 0 saturated carbocycles. The number of fused-ring (bicyclic) bond motifs is 1. The number of nitrogens with two attached hydrogens (primary N) is 1. The van der Waals surface area contributed by atoms with Gasteiger partial charge in [0.05, 0.1) is 34.2 Å². The largest absolute Gasteiger partial charge is 0.467 e. The molecule has 12 heteroatoms. The van der Waals surface area contributed by atoms with E-state index in [1.807, 2.05) is 17.6 Å². The number of benzene rings is 1. The number of hydrazone groups is 1. The fraction of sp³-hybridized carbons (Fsp3) is 0.227.